The lowest BCUT2D eigenvalue weighted by Gasteiger charge is -2.13. The van der Waals surface area contributed by atoms with E-state index in [-0.39, 0.29) is 10.6 Å². The van der Waals surface area contributed by atoms with Crippen molar-refractivity contribution in [1.82, 2.24) is 9.88 Å². The van der Waals surface area contributed by atoms with Gasteiger partial charge in [-0.3, -0.25) is 10.1 Å². The minimum absolute atomic E-state index is 0.148. The zero-order chi connectivity index (χ0) is 13.4. The van der Waals surface area contributed by atoms with Crippen molar-refractivity contribution in [2.24, 2.45) is 7.05 Å². The van der Waals surface area contributed by atoms with Gasteiger partial charge in [0, 0.05) is 48.4 Å². The van der Waals surface area contributed by atoms with Crippen molar-refractivity contribution in [2.45, 2.75) is 6.42 Å². The van der Waals surface area contributed by atoms with Crippen LogP contribution in [0.5, 0.6) is 0 Å². The molecule has 1 aromatic carbocycles. The van der Waals surface area contributed by atoms with Crippen molar-refractivity contribution in [3.05, 3.63) is 46.1 Å². The van der Waals surface area contributed by atoms with Crippen LogP contribution in [-0.2, 0) is 7.05 Å². The zero-order valence-corrected chi connectivity index (χ0v) is 10.7. The fourth-order valence-electron chi connectivity index (χ4n) is 2.62. The van der Waals surface area contributed by atoms with E-state index < -0.39 is 0 Å². The van der Waals surface area contributed by atoms with E-state index in [0.717, 1.165) is 36.0 Å². The molecule has 0 radical (unpaired) electrons. The van der Waals surface area contributed by atoms with Gasteiger partial charge in [0.15, 0.2) is 0 Å². The summed E-state index contributed by atoms with van der Waals surface area (Å²) in [6.45, 7) is 1.82. The van der Waals surface area contributed by atoms with Gasteiger partial charge < -0.3 is 9.88 Å². The number of hydrogen-bond acceptors (Lipinski definition) is 3. The lowest BCUT2D eigenvalue weighted by Crippen LogP contribution is -2.19. The highest BCUT2D eigenvalue weighted by atomic mass is 16.6. The molecule has 0 atom stereocenters. The molecule has 1 N–H and O–H groups in total. The van der Waals surface area contributed by atoms with Crippen LogP contribution in [0, 0.1) is 10.1 Å². The molecule has 5 heteroatoms. The molecule has 2 aromatic rings. The summed E-state index contributed by atoms with van der Waals surface area (Å²) in [5, 5.41) is 15.2. The first-order chi connectivity index (χ1) is 9.16. The van der Waals surface area contributed by atoms with Gasteiger partial charge in [0.25, 0.3) is 5.69 Å². The summed E-state index contributed by atoms with van der Waals surface area (Å²) < 4.78 is 2.03. The molecule has 0 saturated carbocycles. The minimum Gasteiger partial charge on any atom is -0.350 e. The first kappa shape index (κ1) is 11.9. The zero-order valence-electron chi connectivity index (χ0n) is 10.7. The normalized spacial score (nSPS) is 15.5. The summed E-state index contributed by atoms with van der Waals surface area (Å²) in [5.41, 5.74) is 3.56. The monoisotopic (exact) mass is 257 g/mol. The largest absolute Gasteiger partial charge is 0.350 e. The van der Waals surface area contributed by atoms with E-state index in [0.29, 0.717) is 0 Å². The fraction of sp³-hybridized carbons (Fsp3) is 0.286. The van der Waals surface area contributed by atoms with E-state index in [2.05, 4.69) is 17.6 Å². The number of aryl methyl sites for hydroxylation is 1. The van der Waals surface area contributed by atoms with E-state index >= 15 is 0 Å². The van der Waals surface area contributed by atoms with Crippen molar-refractivity contribution >= 4 is 22.2 Å². The van der Waals surface area contributed by atoms with Crippen molar-refractivity contribution < 1.29 is 4.92 Å². The molecule has 0 amide bonds. The smallest absolute Gasteiger partial charge is 0.270 e. The van der Waals surface area contributed by atoms with Gasteiger partial charge in [-0.2, -0.15) is 0 Å². The number of fused-ring (bicyclic) bond motifs is 1. The highest BCUT2D eigenvalue weighted by Crippen LogP contribution is 2.31. The van der Waals surface area contributed by atoms with Crippen LogP contribution < -0.4 is 5.32 Å². The van der Waals surface area contributed by atoms with Crippen LogP contribution in [0.3, 0.4) is 0 Å². The maximum absolute atomic E-state index is 10.9. The van der Waals surface area contributed by atoms with Crippen LogP contribution in [0.25, 0.3) is 16.5 Å². The number of aromatic nitrogens is 1. The number of hydrogen-bond donors (Lipinski definition) is 1. The topological polar surface area (TPSA) is 60.1 Å². The Kier molecular flexibility index (Phi) is 2.83. The lowest BCUT2D eigenvalue weighted by atomic mass is 9.99. The Morgan fingerprint density at radius 3 is 2.95 bits per heavy atom. The van der Waals surface area contributed by atoms with Gasteiger partial charge in [-0.05, 0) is 24.6 Å². The van der Waals surface area contributed by atoms with Crippen molar-refractivity contribution in [3.63, 3.8) is 0 Å². The highest BCUT2D eigenvalue weighted by molar-refractivity contribution is 5.94. The molecular formula is C14H15N3O2. The quantitative estimate of drug-likeness (QED) is 0.664. The summed E-state index contributed by atoms with van der Waals surface area (Å²) >= 11 is 0. The Morgan fingerprint density at radius 2 is 2.26 bits per heavy atom. The van der Waals surface area contributed by atoms with Gasteiger partial charge in [0.1, 0.15) is 0 Å². The number of nitrogens with one attached hydrogen (secondary N) is 1. The molecule has 5 nitrogen and oxygen atoms in total. The molecule has 3 rings (SSSR count). The molecule has 0 bridgehead atoms. The number of non-ortho nitro benzene ring substituents is 1. The number of benzene rings is 1. The third-order valence-corrected chi connectivity index (χ3v) is 3.59. The van der Waals surface area contributed by atoms with Crippen LogP contribution in [0.15, 0.2) is 30.5 Å². The van der Waals surface area contributed by atoms with E-state index in [1.807, 2.05) is 17.7 Å². The molecule has 1 aliphatic heterocycles. The second-order valence-electron chi connectivity index (χ2n) is 4.80. The van der Waals surface area contributed by atoms with Crippen LogP contribution >= 0.6 is 0 Å². The van der Waals surface area contributed by atoms with E-state index in [1.54, 1.807) is 12.1 Å². The Morgan fingerprint density at radius 1 is 1.42 bits per heavy atom. The molecule has 0 unspecified atom stereocenters. The average Bonchev–Trinajstić information content (AvgIpc) is 2.77. The van der Waals surface area contributed by atoms with Crippen molar-refractivity contribution in [3.8, 4) is 0 Å². The summed E-state index contributed by atoms with van der Waals surface area (Å²) in [4.78, 5) is 10.6. The minimum atomic E-state index is -0.340. The van der Waals surface area contributed by atoms with Gasteiger partial charge in [0.2, 0.25) is 0 Å². The van der Waals surface area contributed by atoms with Gasteiger partial charge in [-0.25, -0.2) is 0 Å². The lowest BCUT2D eigenvalue weighted by molar-refractivity contribution is -0.384. The molecule has 0 fully saturated rings. The first-order valence-corrected chi connectivity index (χ1v) is 6.30. The molecule has 0 saturated heterocycles. The van der Waals surface area contributed by atoms with Crippen LogP contribution in [0.4, 0.5) is 5.69 Å². The van der Waals surface area contributed by atoms with Crippen molar-refractivity contribution in [2.75, 3.05) is 13.1 Å². The number of nitro groups is 1. The second kappa shape index (κ2) is 4.51. The number of nitrogens with zero attached hydrogens (tertiary/aromatic N) is 2. The van der Waals surface area contributed by atoms with Crippen molar-refractivity contribution in [1.29, 1.82) is 0 Å². The summed E-state index contributed by atoms with van der Waals surface area (Å²) in [6.07, 6.45) is 5.18. The summed E-state index contributed by atoms with van der Waals surface area (Å²) in [6, 6.07) is 5.05. The van der Waals surface area contributed by atoms with E-state index in [4.69, 9.17) is 0 Å². The number of rotatable bonds is 2. The molecule has 19 heavy (non-hydrogen) atoms. The van der Waals surface area contributed by atoms with Gasteiger partial charge in [-0.1, -0.05) is 6.08 Å². The molecule has 0 aliphatic carbocycles. The maximum Gasteiger partial charge on any atom is 0.270 e. The molecule has 2 heterocycles. The standard InChI is InChI=1S/C14H15N3O2/c1-16-9-13(10-4-6-15-7-5-10)12-8-11(17(18)19)2-3-14(12)16/h2-4,8-9,15H,5-7H2,1H3. The Bertz CT molecular complexity index is 685. The van der Waals surface area contributed by atoms with Gasteiger partial charge in [0.05, 0.1) is 4.92 Å². The van der Waals surface area contributed by atoms with Gasteiger partial charge in [-0.15, -0.1) is 0 Å². The van der Waals surface area contributed by atoms with Crippen LogP contribution in [-0.4, -0.2) is 22.6 Å². The Hall–Kier alpha value is -2.14. The number of nitro benzene ring substituents is 1. The second-order valence-corrected chi connectivity index (χ2v) is 4.80. The molecule has 1 aromatic heterocycles. The van der Waals surface area contributed by atoms with E-state index in [1.165, 1.54) is 5.57 Å². The Labute approximate surface area is 110 Å². The SMILES string of the molecule is Cn1cc(C2=CCNCC2)c2cc([N+](=O)[O-])ccc21. The fourth-order valence-corrected chi connectivity index (χ4v) is 2.62. The highest BCUT2D eigenvalue weighted by Gasteiger charge is 2.15. The first-order valence-electron chi connectivity index (χ1n) is 6.30. The summed E-state index contributed by atoms with van der Waals surface area (Å²) in [5.74, 6) is 0. The molecule has 98 valence electrons. The molecule has 1 aliphatic rings. The predicted octanol–water partition coefficient (Wildman–Crippen LogP) is 2.46. The van der Waals surface area contributed by atoms with Gasteiger partial charge >= 0.3 is 0 Å². The van der Waals surface area contributed by atoms with Crippen LogP contribution in [0.2, 0.25) is 0 Å². The third kappa shape index (κ3) is 2.02. The average molecular weight is 257 g/mol. The van der Waals surface area contributed by atoms with E-state index in [9.17, 15) is 10.1 Å². The van der Waals surface area contributed by atoms with Crippen LogP contribution in [0.1, 0.15) is 12.0 Å². The predicted molar refractivity (Wildman–Crippen MR) is 75.0 cm³/mol. The molecular weight excluding hydrogens is 242 g/mol. The third-order valence-electron chi connectivity index (χ3n) is 3.59. The molecule has 0 spiro atoms. The maximum atomic E-state index is 10.9. The Balaban J connectivity index is 2.21. The summed E-state index contributed by atoms with van der Waals surface area (Å²) in [7, 11) is 1.97.